The Bertz CT molecular complexity index is 1030. The van der Waals surface area contributed by atoms with Crippen molar-refractivity contribution in [2.75, 3.05) is 0 Å². The van der Waals surface area contributed by atoms with Gasteiger partial charge in [-0.1, -0.05) is 44.7 Å². The first-order valence-corrected chi connectivity index (χ1v) is 13.4. The van der Waals surface area contributed by atoms with E-state index < -0.39 is 41.2 Å². The van der Waals surface area contributed by atoms with Gasteiger partial charge in [0.2, 0.25) is 5.75 Å². The van der Waals surface area contributed by atoms with Crippen LogP contribution < -0.4 is 9.47 Å². The monoisotopic (exact) mass is 546 g/mol. The molecule has 0 heterocycles. The molecule has 0 spiro atoms. The van der Waals surface area contributed by atoms with E-state index in [0.717, 1.165) is 49.0 Å². The molecule has 2 aromatic rings. The van der Waals surface area contributed by atoms with Crippen LogP contribution in [0.25, 0.3) is 0 Å². The summed E-state index contributed by atoms with van der Waals surface area (Å²) in [6, 6.07) is 6.11. The van der Waals surface area contributed by atoms with Gasteiger partial charge in [0.1, 0.15) is 5.75 Å². The molecule has 2 aromatic carbocycles. The number of ether oxygens (including phenoxy) is 2. The van der Waals surface area contributed by atoms with Gasteiger partial charge in [0.25, 0.3) is 0 Å². The summed E-state index contributed by atoms with van der Waals surface area (Å²) in [5.74, 6) is -3.63. The van der Waals surface area contributed by atoms with Crippen molar-refractivity contribution in [3.63, 3.8) is 0 Å². The average molecular weight is 547 g/mol. The molecule has 0 unspecified atom stereocenters. The van der Waals surface area contributed by atoms with Crippen molar-refractivity contribution in [2.24, 2.45) is 17.8 Å². The van der Waals surface area contributed by atoms with Crippen molar-refractivity contribution in [2.45, 2.75) is 89.5 Å². The minimum absolute atomic E-state index is 0.223. The van der Waals surface area contributed by atoms with Crippen LogP contribution in [-0.4, -0.2) is 6.36 Å². The molecular weight excluding hydrogens is 513 g/mol. The summed E-state index contributed by atoms with van der Waals surface area (Å²) in [7, 11) is 0. The third-order valence-electron chi connectivity index (χ3n) is 8.18. The van der Waals surface area contributed by atoms with Gasteiger partial charge in [-0.2, -0.15) is 8.78 Å². The molecule has 2 nitrogen and oxygen atoms in total. The van der Waals surface area contributed by atoms with E-state index in [1.807, 2.05) is 0 Å². The number of hydrogen-bond acceptors (Lipinski definition) is 2. The van der Waals surface area contributed by atoms with E-state index >= 15 is 0 Å². The molecule has 4 rings (SSSR count). The van der Waals surface area contributed by atoms with E-state index in [4.69, 9.17) is 0 Å². The predicted octanol–water partition coefficient (Wildman–Crippen LogP) is 9.87. The molecule has 0 amide bonds. The number of rotatable bonds is 8. The largest absolute Gasteiger partial charge is 0.573 e. The van der Waals surface area contributed by atoms with E-state index in [-0.39, 0.29) is 18.1 Å². The molecule has 2 fully saturated rings. The van der Waals surface area contributed by atoms with Crippen molar-refractivity contribution in [3.8, 4) is 11.5 Å². The maximum atomic E-state index is 14.7. The van der Waals surface area contributed by atoms with Gasteiger partial charge in [0, 0.05) is 12.1 Å². The highest BCUT2D eigenvalue weighted by Crippen LogP contribution is 2.45. The fourth-order valence-corrected chi connectivity index (χ4v) is 6.25. The third kappa shape index (κ3) is 7.14. The highest BCUT2D eigenvalue weighted by atomic mass is 19.4. The lowest BCUT2D eigenvalue weighted by Crippen LogP contribution is -2.25. The summed E-state index contributed by atoms with van der Waals surface area (Å²) in [6.45, 7) is 2.25. The second-order valence-electron chi connectivity index (χ2n) is 10.7. The van der Waals surface area contributed by atoms with E-state index in [1.165, 1.54) is 50.7 Å². The number of halogens is 7. The summed E-state index contributed by atoms with van der Waals surface area (Å²) >= 11 is 0. The van der Waals surface area contributed by atoms with Crippen molar-refractivity contribution < 1.29 is 40.2 Å². The lowest BCUT2D eigenvalue weighted by molar-refractivity contribution is -0.276. The van der Waals surface area contributed by atoms with E-state index in [9.17, 15) is 30.7 Å². The van der Waals surface area contributed by atoms with Gasteiger partial charge < -0.3 is 9.47 Å². The zero-order valence-electron chi connectivity index (χ0n) is 21.3. The first kappa shape index (κ1) is 28.6. The highest BCUT2D eigenvalue weighted by Gasteiger charge is 2.38. The standard InChI is InChI=1S/C29H33F7O2/c1-2-3-18-4-6-19(7-5-18)20-8-10-21(11-9-20)22-12-14-23(15-13-22)28(32,33)37-24-16-25(30)27(26(31)17-24)38-29(34,35)36/h12-21H,2-11H2,1H3/t18-,19-,20-,21-. The molecule has 0 aliphatic heterocycles. The first-order valence-electron chi connectivity index (χ1n) is 13.4. The molecule has 0 aromatic heterocycles. The Hall–Kier alpha value is -2.45. The number of benzene rings is 2. The minimum atomic E-state index is -5.34. The second kappa shape index (κ2) is 11.7. The van der Waals surface area contributed by atoms with Crippen LogP contribution in [-0.2, 0) is 6.11 Å². The molecule has 9 heteroatoms. The van der Waals surface area contributed by atoms with Gasteiger partial charge in [0.05, 0.1) is 5.56 Å². The predicted molar refractivity (Wildman–Crippen MR) is 129 cm³/mol. The molecule has 2 saturated carbocycles. The van der Waals surface area contributed by atoms with E-state index in [1.54, 1.807) is 12.1 Å². The number of alkyl halides is 5. The Labute approximate surface area is 218 Å². The molecular formula is C29H33F7O2. The molecule has 0 radical (unpaired) electrons. The molecule has 38 heavy (non-hydrogen) atoms. The topological polar surface area (TPSA) is 18.5 Å². The first-order chi connectivity index (χ1) is 17.9. The molecule has 0 N–H and O–H groups in total. The average Bonchev–Trinajstić information content (AvgIpc) is 2.86. The van der Waals surface area contributed by atoms with Crippen molar-refractivity contribution >= 4 is 0 Å². The van der Waals surface area contributed by atoms with Gasteiger partial charge in [-0.15, -0.1) is 13.2 Å². The van der Waals surface area contributed by atoms with Gasteiger partial charge in [0.15, 0.2) is 11.6 Å². The quantitative estimate of drug-likeness (QED) is 0.307. The Morgan fingerprint density at radius 3 is 1.76 bits per heavy atom. The normalized spacial score (nSPS) is 24.7. The molecule has 0 saturated heterocycles. The second-order valence-corrected chi connectivity index (χ2v) is 10.7. The summed E-state index contributed by atoms with van der Waals surface area (Å²) in [4.78, 5) is 0. The van der Waals surface area contributed by atoms with Crippen LogP contribution in [0, 0.1) is 29.4 Å². The Balaban J connectivity index is 1.33. The maximum Gasteiger partial charge on any atom is 0.573 e. The van der Waals surface area contributed by atoms with Crippen molar-refractivity contribution in [3.05, 3.63) is 59.2 Å². The van der Waals surface area contributed by atoms with Gasteiger partial charge in [-0.05, 0) is 79.9 Å². The summed E-state index contributed by atoms with van der Waals surface area (Å²) < 4.78 is 102. The van der Waals surface area contributed by atoms with Gasteiger partial charge in [-0.3, -0.25) is 0 Å². The molecule has 210 valence electrons. The minimum Gasteiger partial charge on any atom is -0.429 e. The zero-order valence-corrected chi connectivity index (χ0v) is 21.3. The Morgan fingerprint density at radius 2 is 1.26 bits per heavy atom. The SMILES string of the molecule is CCC[C@H]1CC[C@H]([C@H]2CC[C@H](c3ccc(C(F)(F)Oc4cc(F)c(OC(F)(F)F)c(F)c4)cc3)CC2)CC1. The summed E-state index contributed by atoms with van der Waals surface area (Å²) in [5.41, 5.74) is 0.426. The van der Waals surface area contributed by atoms with Crippen LogP contribution >= 0.6 is 0 Å². The molecule has 0 atom stereocenters. The van der Waals surface area contributed by atoms with Crippen LogP contribution in [0.3, 0.4) is 0 Å². The Kier molecular flexibility index (Phi) is 8.82. The summed E-state index contributed by atoms with van der Waals surface area (Å²) in [5, 5.41) is 0. The smallest absolute Gasteiger partial charge is 0.429 e. The molecule has 2 aliphatic carbocycles. The third-order valence-corrected chi connectivity index (χ3v) is 8.18. The lowest BCUT2D eigenvalue weighted by Gasteiger charge is -2.38. The maximum absolute atomic E-state index is 14.7. The molecule has 2 aliphatic rings. The van der Waals surface area contributed by atoms with Crippen LogP contribution in [0.2, 0.25) is 0 Å². The van der Waals surface area contributed by atoms with Gasteiger partial charge >= 0.3 is 12.5 Å². The number of hydrogen-bond donors (Lipinski definition) is 0. The van der Waals surface area contributed by atoms with Crippen LogP contribution in [0.15, 0.2) is 36.4 Å². The lowest BCUT2D eigenvalue weighted by atomic mass is 9.68. The van der Waals surface area contributed by atoms with Crippen LogP contribution in [0.5, 0.6) is 11.5 Å². The fraction of sp³-hybridized carbons (Fsp3) is 0.586. The zero-order chi connectivity index (χ0) is 27.5. The van der Waals surface area contributed by atoms with Crippen LogP contribution in [0.1, 0.15) is 88.2 Å². The van der Waals surface area contributed by atoms with Crippen molar-refractivity contribution in [1.82, 2.24) is 0 Å². The fourth-order valence-electron chi connectivity index (χ4n) is 6.25. The van der Waals surface area contributed by atoms with E-state index in [0.29, 0.717) is 0 Å². The Morgan fingerprint density at radius 1 is 0.737 bits per heavy atom. The summed E-state index contributed by atoms with van der Waals surface area (Å²) in [6.07, 6.45) is 2.88. The van der Waals surface area contributed by atoms with Gasteiger partial charge in [-0.25, -0.2) is 8.78 Å². The van der Waals surface area contributed by atoms with Crippen molar-refractivity contribution in [1.29, 1.82) is 0 Å². The van der Waals surface area contributed by atoms with Crippen LogP contribution in [0.4, 0.5) is 30.7 Å². The molecule has 0 bridgehead atoms. The van der Waals surface area contributed by atoms with E-state index in [2.05, 4.69) is 16.4 Å². The highest BCUT2D eigenvalue weighted by molar-refractivity contribution is 5.36.